The lowest BCUT2D eigenvalue weighted by Gasteiger charge is -2.21. The van der Waals surface area contributed by atoms with E-state index >= 15 is 0 Å². The predicted octanol–water partition coefficient (Wildman–Crippen LogP) is 21.5. The third-order valence-corrected chi connectivity index (χ3v) is 14.1. The minimum Gasteiger partial charge on any atom is -0.207 e. The van der Waals surface area contributed by atoms with Gasteiger partial charge in [-0.1, -0.05) is 227 Å². The highest BCUT2D eigenvalue weighted by atomic mass is 35.5. The lowest BCUT2D eigenvalue weighted by molar-refractivity contribution is 0.522. The highest BCUT2D eigenvalue weighted by Gasteiger charge is 2.22. The number of nitrogens with zero attached hydrogens (tertiary/aromatic N) is 5. The fraction of sp³-hybridized carbons (Fsp3) is 0.338. The van der Waals surface area contributed by atoms with Crippen molar-refractivity contribution in [3.8, 4) is 30.3 Å². The van der Waals surface area contributed by atoms with Crippen LogP contribution in [0.1, 0.15) is 191 Å². The number of benzene rings is 8. The first-order valence-electron chi connectivity index (χ1n) is 27.5. The third-order valence-electron chi connectivity index (χ3n) is 13.4. The van der Waals surface area contributed by atoms with Gasteiger partial charge in [0.25, 0.3) is 0 Å². The molecule has 430 valence electrons. The van der Waals surface area contributed by atoms with Gasteiger partial charge in [0.2, 0.25) is 0 Å². The summed E-state index contributed by atoms with van der Waals surface area (Å²) in [5, 5.41) is 49.1. The van der Waals surface area contributed by atoms with Gasteiger partial charge >= 0.3 is 0 Å². The molecule has 0 spiro atoms. The SMILES string of the molecule is CC(C)(C)c1ccc(C#N)c(Cl)c1.CC(C)(C)c1ccc(C#N)c2ccc(F)cc12.CC(C)(C)c1ccc(C#N)c2ccccc12.CC(C)(C)c1ccc(C#N)cc1.CC(C)(C)c1ccc(C#N)cc1Cl.Cc1ccc(C(C)(C)C)c(F)c1. The molecule has 0 aromatic heterocycles. The molecule has 8 aromatic carbocycles. The van der Waals surface area contributed by atoms with E-state index in [9.17, 15) is 8.78 Å². The normalized spacial score (nSPS) is 11.3. The maximum atomic E-state index is 13.4. The number of nitriles is 5. The number of halogens is 4. The van der Waals surface area contributed by atoms with Crippen LogP contribution in [0.25, 0.3) is 21.5 Å². The lowest BCUT2D eigenvalue weighted by atomic mass is 9.83. The van der Waals surface area contributed by atoms with Crippen molar-refractivity contribution >= 4 is 44.7 Å². The second kappa shape index (κ2) is 28.9. The Balaban J connectivity index is 0.000000263. The third kappa shape index (κ3) is 20.5. The molecule has 0 aliphatic carbocycles. The monoisotopic (exact) mass is 1150 g/mol. The molecule has 0 amide bonds. The molecule has 0 unspecified atom stereocenters. The zero-order valence-electron chi connectivity index (χ0n) is 52.1. The van der Waals surface area contributed by atoms with Crippen LogP contribution in [-0.4, -0.2) is 0 Å². The number of rotatable bonds is 0. The second-order valence-electron chi connectivity index (χ2n) is 26.6. The minimum atomic E-state index is -0.266. The van der Waals surface area contributed by atoms with Crippen LogP contribution in [0.5, 0.6) is 0 Å². The van der Waals surface area contributed by atoms with Crippen LogP contribution in [-0.2, 0) is 32.5 Å². The van der Waals surface area contributed by atoms with Crippen molar-refractivity contribution < 1.29 is 8.78 Å². The van der Waals surface area contributed by atoms with Gasteiger partial charge in [0.05, 0.1) is 57.1 Å². The Kier molecular flexibility index (Phi) is 24.2. The molecule has 0 atom stereocenters. The summed E-state index contributed by atoms with van der Waals surface area (Å²) in [7, 11) is 0. The van der Waals surface area contributed by atoms with Gasteiger partial charge in [-0.2, -0.15) is 26.3 Å². The number of fused-ring (bicyclic) bond motifs is 2. The van der Waals surface area contributed by atoms with Crippen molar-refractivity contribution in [2.75, 3.05) is 0 Å². The highest BCUT2D eigenvalue weighted by molar-refractivity contribution is 6.32. The standard InChI is InChI=1S/C15H14FN.C15H15N.2C11H12ClN.C11H15F.C11H13N/c1-15(2,3)14-7-4-10(9-17)12-6-5-11(16)8-13(12)14;1-15(2,3)14-9-8-11(10-16)12-6-4-5-7-13(12)14;1-11(2,3)9-5-4-8(7-13)10(12)6-9;1-11(2,3)9-5-4-8(7-13)6-10(9)12;1-8-5-6-9(10(12)7-8)11(2,3)4;1-11(2,3)10-6-4-9(8-12)5-7-10/h4-8H,1-3H3;4-9H,1-3H3;2*4-6H,1-3H3;5-7H,1-4H3;4-7H,1-3H3. The van der Waals surface area contributed by atoms with Crippen LogP contribution in [0.4, 0.5) is 8.78 Å². The first-order chi connectivity index (χ1) is 38.3. The highest BCUT2D eigenvalue weighted by Crippen LogP contribution is 2.35. The maximum Gasteiger partial charge on any atom is 0.127 e. The van der Waals surface area contributed by atoms with E-state index in [1.807, 2.05) is 119 Å². The van der Waals surface area contributed by atoms with Crippen LogP contribution in [0.3, 0.4) is 0 Å². The molecular weight excluding hydrogens is 1070 g/mol. The number of hydrogen-bond acceptors (Lipinski definition) is 5. The van der Waals surface area contributed by atoms with E-state index in [0.29, 0.717) is 26.7 Å². The van der Waals surface area contributed by atoms with Crippen molar-refractivity contribution in [2.45, 2.75) is 164 Å². The first-order valence-corrected chi connectivity index (χ1v) is 28.3. The fourth-order valence-electron chi connectivity index (χ4n) is 8.66. The number of aryl methyl sites for hydroxylation is 1. The molecule has 0 aliphatic heterocycles. The maximum absolute atomic E-state index is 13.4. The average Bonchev–Trinajstić information content (AvgIpc) is 3.44. The molecule has 0 N–H and O–H groups in total. The molecule has 0 saturated carbocycles. The molecule has 0 heterocycles. The largest absolute Gasteiger partial charge is 0.207 e. The van der Waals surface area contributed by atoms with Gasteiger partial charge in [-0.25, -0.2) is 8.78 Å². The Morgan fingerprint density at radius 2 is 0.735 bits per heavy atom. The molecule has 8 rings (SSSR count). The Hall–Kier alpha value is -7.83. The van der Waals surface area contributed by atoms with Gasteiger partial charge in [-0.05, 0) is 167 Å². The Bertz CT molecular complexity index is 3740. The van der Waals surface area contributed by atoms with Crippen molar-refractivity contribution in [3.63, 3.8) is 0 Å². The van der Waals surface area contributed by atoms with E-state index in [4.69, 9.17) is 49.5 Å². The summed E-state index contributed by atoms with van der Waals surface area (Å²) in [6.45, 7) is 39.9. The summed E-state index contributed by atoms with van der Waals surface area (Å²) < 4.78 is 26.7. The average molecular weight is 1150 g/mol. The summed E-state index contributed by atoms with van der Waals surface area (Å²) in [6, 6.07) is 55.2. The molecule has 8 aromatic rings. The van der Waals surface area contributed by atoms with Crippen LogP contribution in [0.15, 0.2) is 146 Å². The van der Waals surface area contributed by atoms with Gasteiger partial charge in [0.1, 0.15) is 17.7 Å². The topological polar surface area (TPSA) is 119 Å². The summed E-state index contributed by atoms with van der Waals surface area (Å²) >= 11 is 12.0. The van der Waals surface area contributed by atoms with Gasteiger partial charge in [0, 0.05) is 5.02 Å². The molecule has 0 saturated heterocycles. The van der Waals surface area contributed by atoms with Crippen molar-refractivity contribution in [2.24, 2.45) is 0 Å². The van der Waals surface area contributed by atoms with E-state index in [0.717, 1.165) is 55.1 Å². The summed E-state index contributed by atoms with van der Waals surface area (Å²) in [4.78, 5) is 0. The van der Waals surface area contributed by atoms with Gasteiger partial charge in [-0.3, -0.25) is 0 Å². The fourth-order valence-corrected chi connectivity index (χ4v) is 9.35. The van der Waals surface area contributed by atoms with Gasteiger partial charge < -0.3 is 0 Å². The van der Waals surface area contributed by atoms with E-state index in [1.165, 1.54) is 28.6 Å². The number of hydrogen-bond donors (Lipinski definition) is 0. The van der Waals surface area contributed by atoms with E-state index in [-0.39, 0.29) is 44.1 Å². The van der Waals surface area contributed by atoms with Gasteiger partial charge in [0.15, 0.2) is 0 Å². The molecule has 0 fully saturated rings. The van der Waals surface area contributed by atoms with E-state index < -0.39 is 0 Å². The predicted molar refractivity (Wildman–Crippen MR) is 344 cm³/mol. The Labute approximate surface area is 505 Å². The van der Waals surface area contributed by atoms with Crippen LogP contribution >= 0.6 is 23.2 Å². The lowest BCUT2D eigenvalue weighted by Crippen LogP contribution is -2.13. The zero-order chi connectivity index (χ0) is 63.1. The van der Waals surface area contributed by atoms with Crippen molar-refractivity contribution in [3.05, 3.63) is 234 Å². The van der Waals surface area contributed by atoms with Crippen molar-refractivity contribution in [1.29, 1.82) is 26.3 Å². The van der Waals surface area contributed by atoms with Gasteiger partial charge in [-0.15, -0.1) is 0 Å². The van der Waals surface area contributed by atoms with Crippen LogP contribution in [0.2, 0.25) is 10.0 Å². The summed E-state index contributed by atoms with van der Waals surface area (Å²) in [5.74, 6) is -0.361. The molecule has 0 radical (unpaired) electrons. The minimum absolute atomic E-state index is 0.0328. The summed E-state index contributed by atoms with van der Waals surface area (Å²) in [6.07, 6.45) is 0. The molecule has 0 aliphatic rings. The van der Waals surface area contributed by atoms with Crippen LogP contribution in [0, 0.1) is 75.2 Å². The Morgan fingerprint density at radius 1 is 0.325 bits per heavy atom. The molecule has 0 bridgehead atoms. The van der Waals surface area contributed by atoms with E-state index in [2.05, 4.69) is 140 Å². The summed E-state index contributed by atoms with van der Waals surface area (Å²) in [5.41, 5.74) is 11.0. The molecular formula is C74H81Cl2F2N5. The quantitative estimate of drug-likeness (QED) is 0.150. The van der Waals surface area contributed by atoms with E-state index in [1.54, 1.807) is 36.4 Å². The molecule has 83 heavy (non-hydrogen) atoms. The first kappa shape index (κ1) is 69.4. The Morgan fingerprint density at radius 3 is 1.16 bits per heavy atom. The van der Waals surface area contributed by atoms with Crippen molar-refractivity contribution in [1.82, 2.24) is 0 Å². The second-order valence-corrected chi connectivity index (χ2v) is 27.4. The van der Waals surface area contributed by atoms with Crippen LogP contribution < -0.4 is 0 Å². The zero-order valence-corrected chi connectivity index (χ0v) is 53.6. The molecule has 9 heteroatoms. The smallest absolute Gasteiger partial charge is 0.127 e. The molecule has 5 nitrogen and oxygen atoms in total.